The number of anilines is 2. The Morgan fingerprint density at radius 3 is 2.05 bits per heavy atom. The minimum Gasteiger partial charge on any atom is -0.340 e. The number of aromatic nitrogens is 2. The van der Waals surface area contributed by atoms with Crippen LogP contribution in [0.3, 0.4) is 0 Å². The molecule has 0 atom stereocenters. The fourth-order valence-corrected chi connectivity index (χ4v) is 2.30. The lowest BCUT2D eigenvalue weighted by Gasteiger charge is -2.18. The molecule has 0 amide bonds. The lowest BCUT2D eigenvalue weighted by atomic mass is 9.96. The van der Waals surface area contributed by atoms with Crippen LogP contribution in [0.2, 0.25) is 15.2 Å². The lowest BCUT2D eigenvalue weighted by Crippen LogP contribution is -2.16. The second-order valence-corrected chi connectivity index (χ2v) is 6.69. The van der Waals surface area contributed by atoms with E-state index in [2.05, 4.69) is 15.3 Å². The molecule has 6 heteroatoms. The van der Waals surface area contributed by atoms with E-state index in [1.54, 1.807) is 24.3 Å². The molecule has 0 fully saturated rings. The molecule has 1 N–H and O–H groups in total. The van der Waals surface area contributed by atoms with Crippen LogP contribution in [-0.2, 0) is 5.41 Å². The standard InChI is InChI=1S/C14H14Cl3N3/c1-14(2,3)13-19-11(17)7-12(20-13)18-10-5-8(15)4-9(16)6-10/h4-7H,1-3H3,(H,18,19,20). The predicted octanol–water partition coefficient (Wildman–Crippen LogP) is 5.48. The first-order valence-corrected chi connectivity index (χ1v) is 7.15. The largest absolute Gasteiger partial charge is 0.340 e. The average molecular weight is 331 g/mol. The summed E-state index contributed by atoms with van der Waals surface area (Å²) >= 11 is 18.0. The molecule has 20 heavy (non-hydrogen) atoms. The second-order valence-electron chi connectivity index (χ2n) is 5.43. The van der Waals surface area contributed by atoms with Gasteiger partial charge in [-0.3, -0.25) is 0 Å². The minimum absolute atomic E-state index is 0.187. The number of nitrogens with one attached hydrogen (secondary N) is 1. The van der Waals surface area contributed by atoms with Crippen molar-refractivity contribution in [1.82, 2.24) is 9.97 Å². The number of hydrogen-bond donors (Lipinski definition) is 1. The van der Waals surface area contributed by atoms with E-state index in [9.17, 15) is 0 Å². The van der Waals surface area contributed by atoms with Gasteiger partial charge in [-0.15, -0.1) is 0 Å². The van der Waals surface area contributed by atoms with E-state index in [1.165, 1.54) is 0 Å². The maximum absolute atomic E-state index is 6.04. The van der Waals surface area contributed by atoms with Gasteiger partial charge in [-0.1, -0.05) is 55.6 Å². The fourth-order valence-electron chi connectivity index (χ4n) is 1.59. The summed E-state index contributed by atoms with van der Waals surface area (Å²) in [6, 6.07) is 6.86. The molecule has 1 aromatic carbocycles. The van der Waals surface area contributed by atoms with Crippen molar-refractivity contribution in [3.63, 3.8) is 0 Å². The Bertz CT molecular complexity index is 616. The van der Waals surface area contributed by atoms with Gasteiger partial charge >= 0.3 is 0 Å². The van der Waals surface area contributed by atoms with Gasteiger partial charge in [0.2, 0.25) is 0 Å². The van der Waals surface area contributed by atoms with Gasteiger partial charge < -0.3 is 5.32 Å². The first-order valence-electron chi connectivity index (χ1n) is 6.02. The van der Waals surface area contributed by atoms with Gasteiger partial charge in [-0.05, 0) is 18.2 Å². The number of nitrogens with zero attached hydrogens (tertiary/aromatic N) is 2. The van der Waals surface area contributed by atoms with Gasteiger partial charge in [0.05, 0.1) is 0 Å². The smallest absolute Gasteiger partial charge is 0.137 e. The Hall–Kier alpha value is -1.03. The molecule has 0 unspecified atom stereocenters. The van der Waals surface area contributed by atoms with Gasteiger partial charge in [-0.25, -0.2) is 9.97 Å². The van der Waals surface area contributed by atoms with Crippen molar-refractivity contribution in [2.75, 3.05) is 5.32 Å². The number of hydrogen-bond acceptors (Lipinski definition) is 3. The van der Waals surface area contributed by atoms with Crippen LogP contribution in [0.25, 0.3) is 0 Å². The maximum atomic E-state index is 6.04. The van der Waals surface area contributed by atoms with Crippen molar-refractivity contribution in [3.05, 3.63) is 45.3 Å². The zero-order chi connectivity index (χ0) is 14.9. The van der Waals surface area contributed by atoms with Crippen molar-refractivity contribution in [2.45, 2.75) is 26.2 Å². The first kappa shape index (κ1) is 15.4. The summed E-state index contributed by atoms with van der Waals surface area (Å²) in [5.74, 6) is 1.27. The molecule has 2 rings (SSSR count). The SMILES string of the molecule is CC(C)(C)c1nc(Cl)cc(Nc2cc(Cl)cc(Cl)c2)n1. The number of rotatable bonds is 2. The highest BCUT2D eigenvalue weighted by atomic mass is 35.5. The summed E-state index contributed by atoms with van der Waals surface area (Å²) in [6.45, 7) is 6.08. The van der Waals surface area contributed by atoms with Crippen LogP contribution >= 0.6 is 34.8 Å². The molecule has 0 saturated carbocycles. The van der Waals surface area contributed by atoms with Crippen molar-refractivity contribution in [3.8, 4) is 0 Å². The first-order chi connectivity index (χ1) is 9.24. The Kier molecular flexibility index (Phi) is 4.43. The molecule has 0 aliphatic carbocycles. The Morgan fingerprint density at radius 1 is 0.900 bits per heavy atom. The molecular weight excluding hydrogens is 317 g/mol. The van der Waals surface area contributed by atoms with Crippen LogP contribution in [0, 0.1) is 0 Å². The van der Waals surface area contributed by atoms with E-state index in [0.29, 0.717) is 26.8 Å². The van der Waals surface area contributed by atoms with Crippen molar-refractivity contribution in [2.24, 2.45) is 0 Å². The van der Waals surface area contributed by atoms with Gasteiger partial charge in [0.15, 0.2) is 0 Å². The topological polar surface area (TPSA) is 37.8 Å². The van der Waals surface area contributed by atoms with Crippen LogP contribution in [0.1, 0.15) is 26.6 Å². The number of benzene rings is 1. The number of halogens is 3. The summed E-state index contributed by atoms with van der Waals surface area (Å²) in [4.78, 5) is 8.71. The zero-order valence-electron chi connectivity index (χ0n) is 11.3. The Morgan fingerprint density at radius 2 is 1.50 bits per heavy atom. The third kappa shape index (κ3) is 3.98. The Labute approximate surface area is 133 Å². The van der Waals surface area contributed by atoms with Gasteiger partial charge in [-0.2, -0.15) is 0 Å². The second kappa shape index (κ2) is 5.76. The van der Waals surface area contributed by atoms with Crippen molar-refractivity contribution in [1.29, 1.82) is 0 Å². The van der Waals surface area contributed by atoms with Crippen LogP contribution in [0.15, 0.2) is 24.3 Å². The summed E-state index contributed by atoms with van der Waals surface area (Å²) in [7, 11) is 0. The molecule has 0 aliphatic heterocycles. The molecule has 0 aliphatic rings. The third-order valence-electron chi connectivity index (χ3n) is 2.50. The summed E-state index contributed by atoms with van der Waals surface area (Å²) in [5, 5.41) is 4.63. The Balaban J connectivity index is 2.36. The van der Waals surface area contributed by atoms with E-state index in [4.69, 9.17) is 34.8 Å². The maximum Gasteiger partial charge on any atom is 0.137 e. The molecular formula is C14H14Cl3N3. The molecule has 0 bridgehead atoms. The van der Waals surface area contributed by atoms with Crippen LogP contribution in [0.4, 0.5) is 11.5 Å². The van der Waals surface area contributed by atoms with Crippen LogP contribution in [-0.4, -0.2) is 9.97 Å². The van der Waals surface area contributed by atoms with E-state index in [1.807, 2.05) is 20.8 Å². The highest BCUT2D eigenvalue weighted by molar-refractivity contribution is 6.35. The summed E-state index contributed by atoms with van der Waals surface area (Å²) in [5.41, 5.74) is 0.560. The summed E-state index contributed by atoms with van der Waals surface area (Å²) in [6.07, 6.45) is 0. The average Bonchev–Trinajstić information content (AvgIpc) is 2.25. The van der Waals surface area contributed by atoms with Crippen molar-refractivity contribution >= 4 is 46.3 Å². The quantitative estimate of drug-likeness (QED) is 0.741. The molecule has 0 saturated heterocycles. The van der Waals surface area contributed by atoms with Gasteiger partial charge in [0.25, 0.3) is 0 Å². The molecule has 0 radical (unpaired) electrons. The van der Waals surface area contributed by atoms with E-state index in [-0.39, 0.29) is 5.41 Å². The molecule has 1 aromatic heterocycles. The highest BCUT2D eigenvalue weighted by Gasteiger charge is 2.18. The molecule has 0 spiro atoms. The van der Waals surface area contributed by atoms with Crippen LogP contribution in [0.5, 0.6) is 0 Å². The molecule has 3 nitrogen and oxygen atoms in total. The highest BCUT2D eigenvalue weighted by Crippen LogP contribution is 2.27. The normalized spacial score (nSPS) is 11.5. The third-order valence-corrected chi connectivity index (χ3v) is 3.13. The zero-order valence-corrected chi connectivity index (χ0v) is 13.6. The monoisotopic (exact) mass is 329 g/mol. The summed E-state index contributed by atoms with van der Waals surface area (Å²) < 4.78 is 0. The fraction of sp³-hybridized carbons (Fsp3) is 0.286. The van der Waals surface area contributed by atoms with Crippen molar-refractivity contribution < 1.29 is 0 Å². The predicted molar refractivity (Wildman–Crippen MR) is 85.5 cm³/mol. The van der Waals surface area contributed by atoms with Crippen LogP contribution < -0.4 is 5.32 Å². The van der Waals surface area contributed by atoms with Gasteiger partial charge in [0.1, 0.15) is 16.8 Å². The molecule has 1 heterocycles. The lowest BCUT2D eigenvalue weighted by molar-refractivity contribution is 0.546. The minimum atomic E-state index is -0.187. The van der Waals surface area contributed by atoms with E-state index >= 15 is 0 Å². The van der Waals surface area contributed by atoms with Gasteiger partial charge in [0, 0.05) is 27.2 Å². The van der Waals surface area contributed by atoms with E-state index < -0.39 is 0 Å². The molecule has 2 aromatic rings. The van der Waals surface area contributed by atoms with E-state index in [0.717, 1.165) is 5.69 Å². The molecule has 106 valence electrons.